The van der Waals surface area contributed by atoms with E-state index in [-0.39, 0.29) is 0 Å². The molecule has 0 amide bonds. The molecular formula is C16H21Cl. The van der Waals surface area contributed by atoms with E-state index in [9.17, 15) is 0 Å². The Morgan fingerprint density at radius 2 is 1.59 bits per heavy atom. The lowest BCUT2D eigenvalue weighted by Gasteiger charge is -2.28. The fourth-order valence-electron chi connectivity index (χ4n) is 4.87. The summed E-state index contributed by atoms with van der Waals surface area (Å²) in [4.78, 5) is 0. The van der Waals surface area contributed by atoms with Crippen LogP contribution in [0.25, 0.3) is 0 Å². The van der Waals surface area contributed by atoms with Crippen molar-refractivity contribution >= 4 is 11.6 Å². The lowest BCUT2D eigenvalue weighted by Crippen LogP contribution is -2.23. The maximum absolute atomic E-state index is 6.74. The minimum Gasteiger partial charge on any atom is -0.123 e. The smallest absolute Gasteiger partial charge is 0.0372 e. The van der Waals surface area contributed by atoms with E-state index in [2.05, 4.69) is 24.3 Å². The van der Waals surface area contributed by atoms with Crippen LogP contribution in [-0.2, 0) is 0 Å². The van der Waals surface area contributed by atoms with Crippen LogP contribution < -0.4 is 0 Å². The van der Waals surface area contributed by atoms with Gasteiger partial charge in [0.15, 0.2) is 0 Å². The van der Waals surface area contributed by atoms with Gasteiger partial charge in [-0.15, -0.1) is 11.6 Å². The molecule has 0 N–H and O–H groups in total. The Labute approximate surface area is 109 Å². The first-order valence-electron chi connectivity index (χ1n) is 7.30. The zero-order valence-electron chi connectivity index (χ0n) is 10.3. The van der Waals surface area contributed by atoms with Crippen LogP contribution in [0.15, 0.2) is 24.3 Å². The van der Waals surface area contributed by atoms with Gasteiger partial charge < -0.3 is 0 Å². The van der Waals surface area contributed by atoms with Crippen LogP contribution in [-0.4, -0.2) is 5.38 Å². The molecule has 0 spiro atoms. The van der Waals surface area contributed by atoms with E-state index in [1.165, 1.54) is 32.1 Å². The van der Waals surface area contributed by atoms with Gasteiger partial charge in [-0.25, -0.2) is 0 Å². The van der Waals surface area contributed by atoms with Gasteiger partial charge in [0, 0.05) is 5.38 Å². The molecule has 0 radical (unpaired) electrons. The maximum atomic E-state index is 6.74. The first-order chi connectivity index (χ1) is 8.29. The lowest BCUT2D eigenvalue weighted by atomic mass is 9.82. The predicted molar refractivity (Wildman–Crippen MR) is 71.9 cm³/mol. The van der Waals surface area contributed by atoms with Crippen molar-refractivity contribution in [3.8, 4) is 0 Å². The van der Waals surface area contributed by atoms with E-state index < -0.39 is 0 Å². The third-order valence-electron chi connectivity index (χ3n) is 5.74. The molecule has 0 nitrogen and oxygen atoms in total. The largest absolute Gasteiger partial charge is 0.123 e. The molecule has 7 atom stereocenters. The van der Waals surface area contributed by atoms with Gasteiger partial charge in [0.1, 0.15) is 0 Å². The van der Waals surface area contributed by atoms with Gasteiger partial charge in [0.25, 0.3) is 0 Å². The summed E-state index contributed by atoms with van der Waals surface area (Å²) in [5, 5.41) is 0.438. The van der Waals surface area contributed by atoms with Crippen LogP contribution in [0, 0.1) is 35.5 Å². The highest BCUT2D eigenvalue weighted by Gasteiger charge is 2.42. The van der Waals surface area contributed by atoms with Gasteiger partial charge in [-0.05, 0) is 67.6 Å². The molecular weight excluding hydrogens is 228 g/mol. The Balaban J connectivity index is 1.40. The summed E-state index contributed by atoms with van der Waals surface area (Å²) < 4.78 is 0. The minimum absolute atomic E-state index is 0.438. The predicted octanol–water partition coefficient (Wildman–Crippen LogP) is 4.41. The zero-order valence-corrected chi connectivity index (χ0v) is 11.0. The molecule has 4 rings (SSSR count). The minimum atomic E-state index is 0.438. The molecule has 0 aromatic heterocycles. The SMILES string of the molecule is ClC(CC1CC2C=CC1C2)C1CC2C=CC1C2. The third kappa shape index (κ3) is 1.71. The first kappa shape index (κ1) is 10.7. The number of alkyl halides is 1. The van der Waals surface area contributed by atoms with Crippen molar-refractivity contribution in [2.24, 2.45) is 35.5 Å². The number of hydrogen-bond acceptors (Lipinski definition) is 0. The quantitative estimate of drug-likeness (QED) is 0.513. The van der Waals surface area contributed by atoms with Crippen molar-refractivity contribution in [1.82, 2.24) is 0 Å². The van der Waals surface area contributed by atoms with Crippen LogP contribution in [0.4, 0.5) is 0 Å². The van der Waals surface area contributed by atoms with Gasteiger partial charge >= 0.3 is 0 Å². The van der Waals surface area contributed by atoms with Crippen LogP contribution in [0.1, 0.15) is 32.1 Å². The first-order valence-corrected chi connectivity index (χ1v) is 7.74. The van der Waals surface area contributed by atoms with E-state index in [0.717, 1.165) is 35.5 Å². The third-order valence-corrected chi connectivity index (χ3v) is 6.24. The Bertz CT molecular complexity index is 370. The second-order valence-electron chi connectivity index (χ2n) is 6.74. The highest BCUT2D eigenvalue weighted by atomic mass is 35.5. The van der Waals surface area contributed by atoms with Crippen LogP contribution in [0.2, 0.25) is 0 Å². The number of halogens is 1. The standard InChI is InChI=1S/C16H21Cl/c17-16(15-8-11-2-4-13(15)6-11)9-14-7-10-1-3-12(14)5-10/h1-4,10-16H,5-9H2. The van der Waals surface area contributed by atoms with Gasteiger partial charge in [0.2, 0.25) is 0 Å². The van der Waals surface area contributed by atoms with Crippen molar-refractivity contribution in [3.05, 3.63) is 24.3 Å². The zero-order chi connectivity index (χ0) is 11.4. The molecule has 4 aliphatic rings. The molecule has 2 fully saturated rings. The van der Waals surface area contributed by atoms with Gasteiger partial charge in [-0.3, -0.25) is 0 Å². The number of hydrogen-bond donors (Lipinski definition) is 0. The number of fused-ring (bicyclic) bond motifs is 4. The average Bonchev–Trinajstić information content (AvgIpc) is 3.08. The van der Waals surface area contributed by atoms with Crippen molar-refractivity contribution in [3.63, 3.8) is 0 Å². The topological polar surface area (TPSA) is 0 Å². The van der Waals surface area contributed by atoms with Gasteiger partial charge in [-0.2, -0.15) is 0 Å². The Hall–Kier alpha value is -0.230. The summed E-state index contributed by atoms with van der Waals surface area (Å²) in [5.74, 6) is 5.14. The summed E-state index contributed by atoms with van der Waals surface area (Å²) in [6, 6.07) is 0. The summed E-state index contributed by atoms with van der Waals surface area (Å²) in [6.45, 7) is 0. The highest BCUT2D eigenvalue weighted by Crippen LogP contribution is 2.50. The van der Waals surface area contributed by atoms with Crippen LogP contribution in [0.5, 0.6) is 0 Å². The van der Waals surface area contributed by atoms with Crippen molar-refractivity contribution in [2.45, 2.75) is 37.5 Å². The molecule has 0 saturated heterocycles. The van der Waals surface area contributed by atoms with Crippen molar-refractivity contribution in [1.29, 1.82) is 0 Å². The molecule has 0 aromatic rings. The monoisotopic (exact) mass is 248 g/mol. The molecule has 1 heteroatoms. The Morgan fingerprint density at radius 3 is 2.12 bits per heavy atom. The van der Waals surface area contributed by atoms with E-state index in [1.807, 2.05) is 0 Å². The average molecular weight is 249 g/mol. The molecule has 7 unspecified atom stereocenters. The van der Waals surface area contributed by atoms with Gasteiger partial charge in [-0.1, -0.05) is 24.3 Å². The van der Waals surface area contributed by atoms with Crippen molar-refractivity contribution in [2.75, 3.05) is 0 Å². The molecule has 0 aliphatic heterocycles. The number of rotatable bonds is 3. The molecule has 4 aliphatic carbocycles. The summed E-state index contributed by atoms with van der Waals surface area (Å²) in [5.41, 5.74) is 0. The Kier molecular flexibility index (Phi) is 2.44. The lowest BCUT2D eigenvalue weighted by molar-refractivity contribution is 0.334. The Morgan fingerprint density at radius 1 is 0.882 bits per heavy atom. The number of allylic oxidation sites excluding steroid dienone is 4. The van der Waals surface area contributed by atoms with E-state index in [4.69, 9.17) is 11.6 Å². The normalized spacial score (nSPS) is 51.6. The fourth-order valence-corrected chi connectivity index (χ4v) is 5.39. The van der Waals surface area contributed by atoms with Crippen LogP contribution >= 0.6 is 11.6 Å². The molecule has 4 bridgehead atoms. The molecule has 2 saturated carbocycles. The highest BCUT2D eigenvalue weighted by molar-refractivity contribution is 6.20. The van der Waals surface area contributed by atoms with Crippen LogP contribution in [0.3, 0.4) is 0 Å². The second kappa shape index (κ2) is 3.88. The fraction of sp³-hybridized carbons (Fsp3) is 0.750. The van der Waals surface area contributed by atoms with E-state index >= 15 is 0 Å². The van der Waals surface area contributed by atoms with E-state index in [0.29, 0.717) is 5.38 Å². The summed E-state index contributed by atoms with van der Waals surface area (Å²) in [6.07, 6.45) is 16.6. The molecule has 17 heavy (non-hydrogen) atoms. The molecule has 0 aromatic carbocycles. The van der Waals surface area contributed by atoms with Gasteiger partial charge in [0.05, 0.1) is 0 Å². The molecule has 0 heterocycles. The summed E-state index contributed by atoms with van der Waals surface area (Å²) in [7, 11) is 0. The maximum Gasteiger partial charge on any atom is 0.0372 e. The van der Waals surface area contributed by atoms with Crippen molar-refractivity contribution < 1.29 is 0 Å². The second-order valence-corrected chi connectivity index (χ2v) is 7.30. The van der Waals surface area contributed by atoms with E-state index in [1.54, 1.807) is 0 Å². The molecule has 92 valence electrons. The summed E-state index contributed by atoms with van der Waals surface area (Å²) >= 11 is 6.74.